The van der Waals surface area contributed by atoms with Crippen molar-refractivity contribution in [3.63, 3.8) is 0 Å². The van der Waals surface area contributed by atoms with Gasteiger partial charge in [0.05, 0.1) is 32.0 Å². The maximum absolute atomic E-state index is 12.7. The molecule has 4 amide bonds. The molecule has 0 saturated heterocycles. The molecule has 4 aromatic rings. The van der Waals surface area contributed by atoms with Gasteiger partial charge in [0, 0.05) is 49.6 Å². The van der Waals surface area contributed by atoms with Crippen LogP contribution in [0, 0.1) is 0 Å². The summed E-state index contributed by atoms with van der Waals surface area (Å²) in [6, 6.07) is 4.39. The lowest BCUT2D eigenvalue weighted by atomic mass is 10.1. The van der Waals surface area contributed by atoms with Crippen LogP contribution in [0.3, 0.4) is 0 Å². The highest BCUT2D eigenvalue weighted by Gasteiger charge is 2.44. The van der Waals surface area contributed by atoms with Crippen molar-refractivity contribution < 1.29 is 19.2 Å². The van der Waals surface area contributed by atoms with Crippen molar-refractivity contribution in [1.29, 1.82) is 0 Å². The molecule has 0 unspecified atom stereocenters. The summed E-state index contributed by atoms with van der Waals surface area (Å²) in [5.41, 5.74) is 3.24. The van der Waals surface area contributed by atoms with E-state index in [-0.39, 0.29) is 23.6 Å². The van der Waals surface area contributed by atoms with Crippen molar-refractivity contribution in [2.45, 2.75) is 13.1 Å². The molecule has 7 heterocycles. The number of carbonyl (C=O) groups excluding carboxylic acids is 4. The summed E-state index contributed by atoms with van der Waals surface area (Å²) in [6.07, 6.45) is 0. The smallest absolute Gasteiger partial charge is 0.262 e. The number of nitrogens with zero attached hydrogens (tertiary/aromatic N) is 2. The first-order chi connectivity index (χ1) is 16.6. The summed E-state index contributed by atoms with van der Waals surface area (Å²) in [4.78, 5) is 57.6. The monoisotopic (exact) mass is 552 g/mol. The summed E-state index contributed by atoms with van der Waals surface area (Å²) < 4.78 is 1.37. The van der Waals surface area contributed by atoms with Crippen molar-refractivity contribution in [3.05, 3.63) is 45.1 Å². The third-order valence-corrected chi connectivity index (χ3v) is 16.7. The molecular weight excluding hydrogens is 537 g/mol. The molecule has 35 heavy (non-hydrogen) atoms. The molecule has 7 rings (SSSR count). The van der Waals surface area contributed by atoms with Gasteiger partial charge in [0.2, 0.25) is 0 Å². The van der Waals surface area contributed by atoms with E-state index in [1.165, 1.54) is 66.7 Å². The predicted octanol–water partition coefficient (Wildman–Crippen LogP) is 4.52. The molecule has 174 valence electrons. The minimum atomic E-state index is -1.99. The Hall–Kier alpha value is -2.70. The highest BCUT2D eigenvalue weighted by atomic mass is 32.1. The Morgan fingerprint density at radius 3 is 1.71 bits per heavy atom. The number of carbonyl (C=O) groups is 4. The maximum atomic E-state index is 12.7. The SMILES string of the molecule is CN1C(=O)c2csc(-c3cc4c(s3)-c3cc(-c5scc6c5C(=O)N(C)C6=O)sc3[Si]4(C)C)c2C1=O. The first kappa shape index (κ1) is 21.6. The van der Waals surface area contributed by atoms with Gasteiger partial charge in [-0.25, -0.2) is 0 Å². The Kier molecular flexibility index (Phi) is 4.15. The van der Waals surface area contributed by atoms with E-state index < -0.39 is 8.07 Å². The molecule has 0 saturated carbocycles. The van der Waals surface area contributed by atoms with Crippen LogP contribution in [0.1, 0.15) is 41.4 Å². The summed E-state index contributed by atoms with van der Waals surface area (Å²) >= 11 is 6.33. The number of hydrogen-bond acceptors (Lipinski definition) is 8. The van der Waals surface area contributed by atoms with E-state index in [1.807, 2.05) is 0 Å². The molecule has 3 aliphatic rings. The van der Waals surface area contributed by atoms with Crippen LogP contribution >= 0.6 is 45.3 Å². The second kappa shape index (κ2) is 6.74. The standard InChI is InChI=1S/C24H16N2O4S4Si/c1-25-20(27)10-7-31-18(15(10)22(25)29)12-5-9-17-14(35(3,4)24(9)34-12)6-13(33-17)19-16-11(8-32-19)21(28)26(2)23(16)30/h5-8H,1-4H3. The molecule has 4 aromatic heterocycles. The molecule has 0 fully saturated rings. The van der Waals surface area contributed by atoms with Gasteiger partial charge in [-0.3, -0.25) is 29.0 Å². The number of fused-ring (bicyclic) bond motifs is 5. The van der Waals surface area contributed by atoms with Gasteiger partial charge in [-0.1, -0.05) is 13.1 Å². The van der Waals surface area contributed by atoms with Crippen molar-refractivity contribution in [2.24, 2.45) is 0 Å². The average Bonchev–Trinajstić information content (AvgIpc) is 3.65. The number of thiophene rings is 4. The highest BCUT2D eigenvalue weighted by molar-refractivity contribution is 7.37. The van der Waals surface area contributed by atoms with Crippen LogP contribution in [-0.4, -0.2) is 55.6 Å². The van der Waals surface area contributed by atoms with Gasteiger partial charge in [0.15, 0.2) is 0 Å². The number of rotatable bonds is 2. The lowest BCUT2D eigenvalue weighted by molar-refractivity contribution is 0.0678. The third-order valence-electron chi connectivity index (χ3n) is 7.09. The zero-order valence-electron chi connectivity index (χ0n) is 19.0. The normalized spacial score (nSPS) is 17.5. The van der Waals surface area contributed by atoms with E-state index in [0.29, 0.717) is 22.3 Å². The molecule has 0 bridgehead atoms. The molecule has 0 spiro atoms. The van der Waals surface area contributed by atoms with Crippen molar-refractivity contribution in [2.75, 3.05) is 14.1 Å². The van der Waals surface area contributed by atoms with Crippen LogP contribution in [-0.2, 0) is 0 Å². The lowest BCUT2D eigenvalue weighted by Gasteiger charge is -2.15. The second-order valence-electron chi connectivity index (χ2n) is 9.38. The van der Waals surface area contributed by atoms with E-state index in [4.69, 9.17) is 0 Å². The lowest BCUT2D eigenvalue weighted by Crippen LogP contribution is -2.47. The fraction of sp³-hybridized carbons (Fsp3) is 0.167. The van der Waals surface area contributed by atoms with Gasteiger partial charge < -0.3 is 0 Å². The predicted molar refractivity (Wildman–Crippen MR) is 144 cm³/mol. The zero-order valence-corrected chi connectivity index (χ0v) is 23.2. The Morgan fingerprint density at radius 2 is 1.17 bits per heavy atom. The molecule has 6 nitrogen and oxygen atoms in total. The fourth-order valence-electron chi connectivity index (χ4n) is 5.12. The summed E-state index contributed by atoms with van der Waals surface area (Å²) in [5, 5.41) is 4.94. The van der Waals surface area contributed by atoms with Crippen molar-refractivity contribution in [3.8, 4) is 29.9 Å². The maximum Gasteiger partial charge on any atom is 0.262 e. The van der Waals surface area contributed by atoms with E-state index in [0.717, 1.165) is 19.5 Å². The van der Waals surface area contributed by atoms with Crippen LogP contribution in [0.4, 0.5) is 0 Å². The van der Waals surface area contributed by atoms with Crippen LogP contribution in [0.2, 0.25) is 13.1 Å². The van der Waals surface area contributed by atoms with Crippen LogP contribution in [0.5, 0.6) is 0 Å². The Balaban J connectivity index is 1.36. The summed E-state index contributed by atoms with van der Waals surface area (Å²) in [6.45, 7) is 4.66. The van der Waals surface area contributed by atoms with Crippen molar-refractivity contribution in [1.82, 2.24) is 9.80 Å². The van der Waals surface area contributed by atoms with E-state index in [1.54, 1.807) is 33.4 Å². The van der Waals surface area contributed by atoms with Crippen LogP contribution in [0.15, 0.2) is 22.9 Å². The molecule has 0 atom stereocenters. The summed E-state index contributed by atoms with van der Waals surface area (Å²) in [5.74, 6) is -0.946. The van der Waals surface area contributed by atoms with Crippen LogP contribution < -0.4 is 9.69 Å². The Bertz CT molecular complexity index is 1580. The number of hydrogen-bond donors (Lipinski definition) is 0. The third kappa shape index (κ3) is 2.52. The fourth-order valence-corrected chi connectivity index (χ4v) is 14.6. The molecule has 0 N–H and O–H groups in total. The molecular formula is C24H16N2O4S4Si. The van der Waals surface area contributed by atoms with E-state index in [2.05, 4.69) is 25.2 Å². The topological polar surface area (TPSA) is 74.8 Å². The van der Waals surface area contributed by atoms with Gasteiger partial charge in [-0.2, -0.15) is 0 Å². The van der Waals surface area contributed by atoms with Gasteiger partial charge in [0.25, 0.3) is 23.6 Å². The van der Waals surface area contributed by atoms with Gasteiger partial charge in [0.1, 0.15) is 8.07 Å². The molecule has 0 aliphatic carbocycles. The second-order valence-corrected chi connectivity index (χ2v) is 17.9. The number of imide groups is 2. The number of amides is 4. The minimum Gasteiger partial charge on any atom is -0.277 e. The molecule has 11 heteroatoms. The largest absolute Gasteiger partial charge is 0.277 e. The quantitative estimate of drug-likeness (QED) is 0.271. The average molecular weight is 553 g/mol. The molecule has 3 aliphatic heterocycles. The molecule has 0 radical (unpaired) electrons. The first-order valence-electron chi connectivity index (χ1n) is 10.8. The summed E-state index contributed by atoms with van der Waals surface area (Å²) in [7, 11) is 1.07. The minimum absolute atomic E-state index is 0.235. The highest BCUT2D eigenvalue weighted by Crippen LogP contribution is 2.48. The van der Waals surface area contributed by atoms with E-state index in [9.17, 15) is 19.2 Å². The van der Waals surface area contributed by atoms with Gasteiger partial charge in [-0.05, 0) is 17.3 Å². The van der Waals surface area contributed by atoms with Gasteiger partial charge >= 0.3 is 0 Å². The van der Waals surface area contributed by atoms with Crippen LogP contribution in [0.25, 0.3) is 29.9 Å². The first-order valence-corrected chi connectivity index (χ1v) is 17.2. The Labute approximate surface area is 217 Å². The van der Waals surface area contributed by atoms with E-state index >= 15 is 0 Å². The van der Waals surface area contributed by atoms with Gasteiger partial charge in [-0.15, -0.1) is 45.3 Å². The molecule has 0 aromatic carbocycles. The zero-order chi connectivity index (χ0) is 24.5. The van der Waals surface area contributed by atoms with Crippen molar-refractivity contribution >= 4 is 86.7 Å². The Morgan fingerprint density at radius 1 is 0.657 bits per heavy atom.